The number of hydrogen-bond acceptors (Lipinski definition) is 2. The molecule has 0 atom stereocenters. The Balaban J connectivity index is 2.09. The van der Waals surface area contributed by atoms with Crippen LogP contribution in [-0.2, 0) is 6.54 Å². The minimum atomic E-state index is 0.560. The molecule has 0 saturated carbocycles. The van der Waals surface area contributed by atoms with E-state index in [-0.39, 0.29) is 0 Å². The fourth-order valence-electron chi connectivity index (χ4n) is 1.39. The van der Waals surface area contributed by atoms with Gasteiger partial charge in [0, 0.05) is 11.4 Å². The second-order valence-corrected chi connectivity index (χ2v) is 4.80. The summed E-state index contributed by atoms with van der Waals surface area (Å²) in [6.07, 6.45) is 5.00. The van der Waals surface area contributed by atoms with Crippen LogP contribution in [0.25, 0.3) is 0 Å². The van der Waals surface area contributed by atoms with Crippen molar-refractivity contribution in [3.63, 3.8) is 0 Å². The summed E-state index contributed by atoms with van der Waals surface area (Å²) in [5.41, 5.74) is 5.75. The largest absolute Gasteiger partial charge is 0.370 e. The van der Waals surface area contributed by atoms with E-state index in [0.717, 1.165) is 6.54 Å². The van der Waals surface area contributed by atoms with E-state index in [0.29, 0.717) is 12.5 Å². The molecule has 4 heteroatoms. The lowest BCUT2D eigenvalue weighted by Gasteiger charge is -2.04. The molecule has 16 heavy (non-hydrogen) atoms. The van der Waals surface area contributed by atoms with Crippen LogP contribution in [0.3, 0.4) is 0 Å². The first-order chi connectivity index (χ1) is 7.83. The number of nitrogens with two attached hydrogens (primary N) is 1. The minimum Gasteiger partial charge on any atom is -0.370 e. The van der Waals surface area contributed by atoms with Gasteiger partial charge < -0.3 is 11.1 Å². The lowest BCUT2D eigenvalue weighted by atomic mass is 10.2. The average Bonchev–Trinajstić information content (AvgIpc) is 2.79. The number of thiophene rings is 1. The van der Waals surface area contributed by atoms with E-state index < -0.39 is 0 Å². The molecule has 0 aliphatic rings. The molecule has 0 spiro atoms. The number of unbranched alkanes of at least 4 members (excludes halogenated alkanes) is 3. The maximum absolute atomic E-state index is 5.75. The van der Waals surface area contributed by atoms with Crippen molar-refractivity contribution in [2.24, 2.45) is 10.7 Å². The lowest BCUT2D eigenvalue weighted by molar-refractivity contribution is 0.652. The van der Waals surface area contributed by atoms with Gasteiger partial charge in [-0.2, -0.15) is 0 Å². The third-order valence-electron chi connectivity index (χ3n) is 2.32. The van der Waals surface area contributed by atoms with Crippen molar-refractivity contribution in [1.29, 1.82) is 0 Å². The van der Waals surface area contributed by atoms with E-state index in [1.165, 1.54) is 30.6 Å². The van der Waals surface area contributed by atoms with E-state index in [4.69, 9.17) is 5.73 Å². The molecule has 0 aromatic carbocycles. The number of nitrogens with zero attached hydrogens (tertiary/aromatic N) is 1. The topological polar surface area (TPSA) is 50.4 Å². The van der Waals surface area contributed by atoms with Crippen LogP contribution in [0, 0.1) is 0 Å². The van der Waals surface area contributed by atoms with Crippen LogP contribution < -0.4 is 11.1 Å². The highest BCUT2D eigenvalue weighted by molar-refractivity contribution is 7.09. The molecule has 3 N–H and O–H groups in total. The van der Waals surface area contributed by atoms with Crippen LogP contribution in [0.2, 0.25) is 0 Å². The average molecular weight is 239 g/mol. The van der Waals surface area contributed by atoms with Crippen molar-refractivity contribution in [3.05, 3.63) is 22.4 Å². The monoisotopic (exact) mass is 239 g/mol. The first kappa shape index (κ1) is 13.0. The van der Waals surface area contributed by atoms with Crippen molar-refractivity contribution in [2.75, 3.05) is 6.54 Å². The van der Waals surface area contributed by atoms with Crippen molar-refractivity contribution in [3.8, 4) is 0 Å². The van der Waals surface area contributed by atoms with Crippen molar-refractivity contribution >= 4 is 17.3 Å². The Hall–Kier alpha value is -1.03. The second-order valence-electron chi connectivity index (χ2n) is 3.77. The molecule has 3 nitrogen and oxygen atoms in total. The molecule has 0 aliphatic carbocycles. The van der Waals surface area contributed by atoms with Crippen molar-refractivity contribution < 1.29 is 0 Å². The maximum Gasteiger partial charge on any atom is 0.188 e. The first-order valence-electron chi connectivity index (χ1n) is 5.89. The van der Waals surface area contributed by atoms with Gasteiger partial charge in [-0.25, -0.2) is 4.99 Å². The fraction of sp³-hybridized carbons (Fsp3) is 0.583. The van der Waals surface area contributed by atoms with Gasteiger partial charge in [0.15, 0.2) is 5.96 Å². The summed E-state index contributed by atoms with van der Waals surface area (Å²) in [7, 11) is 0. The Bertz CT molecular complexity index is 293. The van der Waals surface area contributed by atoms with Crippen LogP contribution in [-0.4, -0.2) is 12.5 Å². The third-order valence-corrected chi connectivity index (χ3v) is 3.18. The summed E-state index contributed by atoms with van der Waals surface area (Å²) in [5.74, 6) is 0.560. The van der Waals surface area contributed by atoms with Crippen LogP contribution >= 0.6 is 11.3 Å². The quantitative estimate of drug-likeness (QED) is 0.437. The lowest BCUT2D eigenvalue weighted by Crippen LogP contribution is -2.32. The predicted octanol–water partition coefficient (Wildman–Crippen LogP) is 2.73. The van der Waals surface area contributed by atoms with Crippen LogP contribution in [0.15, 0.2) is 22.5 Å². The molecule has 0 saturated heterocycles. The smallest absolute Gasteiger partial charge is 0.188 e. The molecule has 1 heterocycles. The highest BCUT2D eigenvalue weighted by Gasteiger charge is 1.93. The zero-order valence-electron chi connectivity index (χ0n) is 9.91. The molecule has 0 amide bonds. The van der Waals surface area contributed by atoms with Crippen molar-refractivity contribution in [2.45, 2.75) is 39.2 Å². The highest BCUT2D eigenvalue weighted by atomic mass is 32.1. The normalized spacial score (nSPS) is 11.7. The van der Waals surface area contributed by atoms with Crippen LogP contribution in [0.5, 0.6) is 0 Å². The highest BCUT2D eigenvalue weighted by Crippen LogP contribution is 2.08. The van der Waals surface area contributed by atoms with E-state index in [1.54, 1.807) is 11.3 Å². The molecular formula is C12H21N3S. The van der Waals surface area contributed by atoms with E-state index in [9.17, 15) is 0 Å². The molecule has 1 aromatic heterocycles. The number of guanidine groups is 1. The predicted molar refractivity (Wildman–Crippen MR) is 71.8 cm³/mol. The van der Waals surface area contributed by atoms with Gasteiger partial charge in [0.2, 0.25) is 0 Å². The SMILES string of the molecule is CCCCCCNC(N)=NCc1cccs1. The summed E-state index contributed by atoms with van der Waals surface area (Å²) in [6, 6.07) is 4.10. The molecule has 0 bridgehead atoms. The Kier molecular flexibility index (Phi) is 6.65. The van der Waals surface area contributed by atoms with Crippen LogP contribution in [0.4, 0.5) is 0 Å². The number of aliphatic imine (C=N–C) groups is 1. The minimum absolute atomic E-state index is 0.560. The number of hydrogen-bond donors (Lipinski definition) is 2. The molecule has 0 radical (unpaired) electrons. The summed E-state index contributed by atoms with van der Waals surface area (Å²) in [6.45, 7) is 3.83. The van der Waals surface area contributed by atoms with E-state index in [2.05, 4.69) is 28.7 Å². The summed E-state index contributed by atoms with van der Waals surface area (Å²) < 4.78 is 0. The zero-order valence-corrected chi connectivity index (χ0v) is 10.7. The van der Waals surface area contributed by atoms with Gasteiger partial charge >= 0.3 is 0 Å². The summed E-state index contributed by atoms with van der Waals surface area (Å²) in [5, 5.41) is 5.19. The summed E-state index contributed by atoms with van der Waals surface area (Å²) >= 11 is 1.71. The Morgan fingerprint density at radius 3 is 3.00 bits per heavy atom. The van der Waals surface area contributed by atoms with Gasteiger partial charge in [0.25, 0.3) is 0 Å². The molecule has 1 rings (SSSR count). The van der Waals surface area contributed by atoms with Gasteiger partial charge in [-0.1, -0.05) is 32.3 Å². The van der Waals surface area contributed by atoms with E-state index >= 15 is 0 Å². The van der Waals surface area contributed by atoms with E-state index in [1.807, 2.05) is 6.07 Å². The first-order valence-corrected chi connectivity index (χ1v) is 6.77. The Labute approximate surface area is 102 Å². The number of rotatable bonds is 7. The van der Waals surface area contributed by atoms with Gasteiger partial charge in [0.1, 0.15) is 0 Å². The molecule has 0 unspecified atom stereocenters. The summed E-state index contributed by atoms with van der Waals surface area (Å²) in [4.78, 5) is 5.52. The molecular weight excluding hydrogens is 218 g/mol. The molecule has 0 aliphatic heterocycles. The Morgan fingerprint density at radius 2 is 2.31 bits per heavy atom. The van der Waals surface area contributed by atoms with Crippen LogP contribution in [0.1, 0.15) is 37.5 Å². The zero-order chi connectivity index (χ0) is 11.6. The van der Waals surface area contributed by atoms with Gasteiger partial charge in [0.05, 0.1) is 6.54 Å². The molecule has 1 aromatic rings. The molecule has 0 fully saturated rings. The fourth-order valence-corrected chi connectivity index (χ4v) is 2.02. The van der Waals surface area contributed by atoms with Gasteiger partial charge in [-0.3, -0.25) is 0 Å². The Morgan fingerprint density at radius 1 is 1.44 bits per heavy atom. The van der Waals surface area contributed by atoms with Gasteiger partial charge in [-0.05, 0) is 17.9 Å². The number of nitrogens with one attached hydrogen (secondary N) is 1. The molecule has 90 valence electrons. The second kappa shape index (κ2) is 8.16. The third kappa shape index (κ3) is 5.75. The maximum atomic E-state index is 5.75. The standard InChI is InChI=1S/C12H21N3S/c1-2-3-4-5-8-14-12(13)15-10-11-7-6-9-16-11/h6-7,9H,2-5,8,10H2,1H3,(H3,13,14,15). The van der Waals surface area contributed by atoms with Gasteiger partial charge in [-0.15, -0.1) is 11.3 Å². The van der Waals surface area contributed by atoms with Crippen molar-refractivity contribution in [1.82, 2.24) is 5.32 Å².